The van der Waals surface area contributed by atoms with Crippen LogP contribution in [0.15, 0.2) is 30.3 Å². The van der Waals surface area contributed by atoms with E-state index in [9.17, 15) is 9.90 Å². The Hall–Kier alpha value is -1.20. The van der Waals surface area contributed by atoms with Crippen LogP contribution in [0, 0.1) is 0 Å². The molecular formula is C16H25NO3S. The Morgan fingerprint density at radius 2 is 1.95 bits per heavy atom. The first-order valence-electron chi connectivity index (χ1n) is 7.00. The molecule has 5 heteroatoms. The van der Waals surface area contributed by atoms with Crippen LogP contribution in [0.5, 0.6) is 0 Å². The Bertz CT molecular complexity index is 431. The maximum absolute atomic E-state index is 12.4. The molecule has 0 aromatic heterocycles. The molecule has 118 valence electrons. The predicted octanol–water partition coefficient (Wildman–Crippen LogP) is 3.15. The fraction of sp³-hybridized carbons (Fsp3) is 0.562. The van der Waals surface area contributed by atoms with Crippen LogP contribution < -0.4 is 0 Å². The number of thioether (sulfide) groups is 1. The third kappa shape index (κ3) is 6.40. The first-order valence-corrected chi connectivity index (χ1v) is 8.40. The number of carbonyl (C=O) groups is 1. The van der Waals surface area contributed by atoms with Crippen LogP contribution in [-0.4, -0.2) is 46.4 Å². The summed E-state index contributed by atoms with van der Waals surface area (Å²) in [5.41, 5.74) is 0.466. The van der Waals surface area contributed by atoms with Gasteiger partial charge in [0.2, 0.25) is 0 Å². The van der Waals surface area contributed by atoms with Crippen LogP contribution in [-0.2, 0) is 11.3 Å². The third-order valence-electron chi connectivity index (χ3n) is 2.83. The molecule has 0 spiro atoms. The van der Waals surface area contributed by atoms with Crippen molar-refractivity contribution in [2.75, 3.05) is 18.6 Å². The van der Waals surface area contributed by atoms with Crippen LogP contribution in [0.3, 0.4) is 0 Å². The van der Waals surface area contributed by atoms with E-state index >= 15 is 0 Å². The van der Waals surface area contributed by atoms with E-state index in [0.29, 0.717) is 12.3 Å². The number of amides is 1. The van der Waals surface area contributed by atoms with Crippen molar-refractivity contribution < 1.29 is 14.6 Å². The average molecular weight is 311 g/mol. The Morgan fingerprint density at radius 1 is 1.33 bits per heavy atom. The highest BCUT2D eigenvalue weighted by Gasteiger charge is 2.27. The molecule has 0 radical (unpaired) electrons. The number of hydrogen-bond acceptors (Lipinski definition) is 4. The molecule has 1 aromatic rings. The second-order valence-corrected chi connectivity index (χ2v) is 6.80. The van der Waals surface area contributed by atoms with Gasteiger partial charge in [0.15, 0.2) is 0 Å². The SMILES string of the molecule is CSC[C@@H](CO)N(Cc1ccccc1)C(=O)OC(C)(C)C. The van der Waals surface area contributed by atoms with Crippen LogP contribution >= 0.6 is 11.8 Å². The summed E-state index contributed by atoms with van der Waals surface area (Å²) >= 11 is 1.60. The maximum Gasteiger partial charge on any atom is 0.410 e. The summed E-state index contributed by atoms with van der Waals surface area (Å²) in [7, 11) is 0. The summed E-state index contributed by atoms with van der Waals surface area (Å²) in [6.07, 6.45) is 1.57. The highest BCUT2D eigenvalue weighted by atomic mass is 32.2. The Kier molecular flexibility index (Phi) is 7.05. The number of benzene rings is 1. The van der Waals surface area contributed by atoms with E-state index in [2.05, 4.69) is 0 Å². The molecule has 0 fully saturated rings. The van der Waals surface area contributed by atoms with Gasteiger partial charge >= 0.3 is 6.09 Å². The molecular weight excluding hydrogens is 286 g/mol. The molecule has 0 aliphatic heterocycles. The van der Waals surface area contributed by atoms with Crippen LogP contribution in [0.4, 0.5) is 4.79 Å². The average Bonchev–Trinajstić information content (AvgIpc) is 2.42. The Balaban J connectivity index is 2.90. The largest absolute Gasteiger partial charge is 0.444 e. The van der Waals surface area contributed by atoms with E-state index in [0.717, 1.165) is 5.56 Å². The zero-order valence-corrected chi connectivity index (χ0v) is 14.0. The van der Waals surface area contributed by atoms with Crippen molar-refractivity contribution in [2.24, 2.45) is 0 Å². The van der Waals surface area contributed by atoms with Gasteiger partial charge in [-0.3, -0.25) is 4.90 Å². The van der Waals surface area contributed by atoms with Gasteiger partial charge in [0.1, 0.15) is 5.60 Å². The number of carbonyl (C=O) groups excluding carboxylic acids is 1. The second-order valence-electron chi connectivity index (χ2n) is 5.89. The number of aliphatic hydroxyl groups excluding tert-OH is 1. The summed E-state index contributed by atoms with van der Waals surface area (Å²) in [5, 5.41) is 9.59. The van der Waals surface area contributed by atoms with Gasteiger partial charge in [0, 0.05) is 12.3 Å². The van der Waals surface area contributed by atoms with Gasteiger partial charge in [0.25, 0.3) is 0 Å². The third-order valence-corrected chi connectivity index (χ3v) is 3.55. The number of aliphatic hydroxyl groups is 1. The maximum atomic E-state index is 12.4. The van der Waals surface area contributed by atoms with Gasteiger partial charge in [-0.2, -0.15) is 11.8 Å². The first kappa shape index (κ1) is 17.9. The van der Waals surface area contributed by atoms with Crippen molar-refractivity contribution in [3.05, 3.63) is 35.9 Å². The number of nitrogens with zero attached hydrogens (tertiary/aromatic N) is 1. The van der Waals surface area contributed by atoms with Crippen LogP contribution in [0.1, 0.15) is 26.3 Å². The van der Waals surface area contributed by atoms with Gasteiger partial charge < -0.3 is 9.84 Å². The molecule has 0 saturated heterocycles. The fourth-order valence-corrected chi connectivity index (χ4v) is 2.55. The molecule has 4 nitrogen and oxygen atoms in total. The molecule has 0 saturated carbocycles. The zero-order valence-electron chi connectivity index (χ0n) is 13.2. The second kappa shape index (κ2) is 8.29. The van der Waals surface area contributed by atoms with Gasteiger partial charge in [-0.25, -0.2) is 4.79 Å². The van der Waals surface area contributed by atoms with E-state index in [-0.39, 0.29) is 18.7 Å². The Labute approximate surface area is 131 Å². The topological polar surface area (TPSA) is 49.8 Å². The molecule has 1 rings (SSSR count). The van der Waals surface area contributed by atoms with E-state index in [1.165, 1.54) is 0 Å². The smallest absolute Gasteiger partial charge is 0.410 e. The van der Waals surface area contributed by atoms with Crippen molar-refractivity contribution >= 4 is 17.9 Å². The standard InChI is InChI=1S/C16H25NO3S/c1-16(2,3)20-15(19)17(14(11-18)12-21-4)10-13-8-6-5-7-9-13/h5-9,14,18H,10-12H2,1-4H3/t14-/m1/s1. The molecule has 1 amide bonds. The van der Waals surface area contributed by atoms with Crippen molar-refractivity contribution in [3.63, 3.8) is 0 Å². The van der Waals surface area contributed by atoms with E-state index in [1.807, 2.05) is 57.4 Å². The highest BCUT2D eigenvalue weighted by Crippen LogP contribution is 2.17. The number of hydrogen-bond donors (Lipinski definition) is 1. The molecule has 1 N–H and O–H groups in total. The molecule has 0 unspecified atom stereocenters. The molecule has 0 heterocycles. The summed E-state index contributed by atoms with van der Waals surface area (Å²) in [5.74, 6) is 0.669. The summed E-state index contributed by atoms with van der Waals surface area (Å²) < 4.78 is 5.47. The number of ether oxygens (including phenoxy) is 1. The van der Waals surface area contributed by atoms with Crippen molar-refractivity contribution in [1.82, 2.24) is 4.90 Å². The fourth-order valence-electron chi connectivity index (χ4n) is 1.88. The lowest BCUT2D eigenvalue weighted by Crippen LogP contribution is -2.45. The summed E-state index contributed by atoms with van der Waals surface area (Å²) in [4.78, 5) is 14.0. The van der Waals surface area contributed by atoms with Crippen molar-refractivity contribution in [2.45, 2.75) is 39.0 Å². The predicted molar refractivity (Wildman–Crippen MR) is 87.5 cm³/mol. The monoisotopic (exact) mass is 311 g/mol. The van der Waals surface area contributed by atoms with Gasteiger partial charge in [-0.1, -0.05) is 30.3 Å². The highest BCUT2D eigenvalue weighted by molar-refractivity contribution is 7.98. The number of rotatable bonds is 6. The lowest BCUT2D eigenvalue weighted by Gasteiger charge is -2.32. The minimum Gasteiger partial charge on any atom is -0.444 e. The van der Waals surface area contributed by atoms with Crippen LogP contribution in [0.25, 0.3) is 0 Å². The van der Waals surface area contributed by atoms with Gasteiger partial charge in [-0.15, -0.1) is 0 Å². The molecule has 1 atom stereocenters. The van der Waals surface area contributed by atoms with E-state index < -0.39 is 5.60 Å². The Morgan fingerprint density at radius 3 is 2.43 bits per heavy atom. The van der Waals surface area contributed by atoms with Crippen molar-refractivity contribution in [1.29, 1.82) is 0 Å². The molecule has 0 bridgehead atoms. The minimum absolute atomic E-state index is 0.0765. The van der Waals surface area contributed by atoms with E-state index in [1.54, 1.807) is 16.7 Å². The molecule has 21 heavy (non-hydrogen) atoms. The first-order chi connectivity index (χ1) is 9.87. The lowest BCUT2D eigenvalue weighted by atomic mass is 10.2. The summed E-state index contributed by atoms with van der Waals surface area (Å²) in [6.45, 7) is 5.88. The minimum atomic E-state index is -0.550. The normalized spacial score (nSPS) is 12.8. The molecule has 0 aliphatic rings. The lowest BCUT2D eigenvalue weighted by molar-refractivity contribution is 0.00997. The van der Waals surface area contributed by atoms with Crippen molar-refractivity contribution in [3.8, 4) is 0 Å². The molecule has 1 aromatic carbocycles. The quantitative estimate of drug-likeness (QED) is 0.877. The van der Waals surface area contributed by atoms with Gasteiger partial charge in [-0.05, 0) is 32.6 Å². The summed E-state index contributed by atoms with van der Waals surface area (Å²) in [6, 6.07) is 9.48. The zero-order chi connectivity index (χ0) is 15.9. The molecule has 0 aliphatic carbocycles. The van der Waals surface area contributed by atoms with Gasteiger partial charge in [0.05, 0.1) is 12.6 Å². The van der Waals surface area contributed by atoms with E-state index in [4.69, 9.17) is 4.74 Å². The van der Waals surface area contributed by atoms with Crippen LogP contribution in [0.2, 0.25) is 0 Å².